The highest BCUT2D eigenvalue weighted by Crippen LogP contribution is 2.30. The van der Waals surface area contributed by atoms with Crippen molar-refractivity contribution in [3.05, 3.63) is 17.9 Å². The minimum absolute atomic E-state index is 0. The number of hydrogen-bond donors (Lipinski definition) is 1. The lowest BCUT2D eigenvalue weighted by Crippen LogP contribution is -2.48. The van der Waals surface area contributed by atoms with Gasteiger partial charge in [0.2, 0.25) is 5.09 Å². The fourth-order valence-corrected chi connectivity index (χ4v) is 4.23. The van der Waals surface area contributed by atoms with E-state index >= 15 is 0 Å². The van der Waals surface area contributed by atoms with Gasteiger partial charge >= 0.3 is 0 Å². The van der Waals surface area contributed by atoms with Gasteiger partial charge in [0, 0.05) is 39.3 Å². The van der Waals surface area contributed by atoms with Crippen molar-refractivity contribution < 1.29 is 17.6 Å². The Kier molecular flexibility index (Phi) is 5.64. The van der Waals surface area contributed by atoms with Crippen molar-refractivity contribution in [3.63, 3.8) is 0 Å². The molecule has 3 heterocycles. The summed E-state index contributed by atoms with van der Waals surface area (Å²) in [4.78, 5) is 14.3. The Bertz CT molecular complexity index is 691. The molecule has 2 aliphatic heterocycles. The average Bonchev–Trinajstić information content (AvgIpc) is 3.12. The zero-order valence-electron chi connectivity index (χ0n) is 14.1. The number of sulfonamides is 1. The molecule has 136 valence electrons. The highest BCUT2D eigenvalue weighted by Gasteiger charge is 2.37. The number of carbonyl (C=O) groups is 1. The Labute approximate surface area is 148 Å². The van der Waals surface area contributed by atoms with Gasteiger partial charge in [-0.25, -0.2) is 12.7 Å². The number of nitrogens with zero attached hydrogens (tertiary/aromatic N) is 2. The molecule has 9 heteroatoms. The van der Waals surface area contributed by atoms with Crippen LogP contribution in [-0.4, -0.2) is 62.8 Å². The summed E-state index contributed by atoms with van der Waals surface area (Å²) in [7, 11) is 0.956. The van der Waals surface area contributed by atoms with Gasteiger partial charge in [0.05, 0.1) is 0 Å². The number of hydrogen-bond acceptors (Lipinski definition) is 5. The molecule has 3 rings (SSSR count). The number of carbonyl (C=O) groups excluding carboxylic acids is 1. The minimum Gasteiger partial charge on any atom is -0.438 e. The van der Waals surface area contributed by atoms with Crippen LogP contribution in [0.15, 0.2) is 21.6 Å². The van der Waals surface area contributed by atoms with Gasteiger partial charge in [-0.1, -0.05) is 0 Å². The van der Waals surface area contributed by atoms with Crippen LogP contribution in [0.1, 0.15) is 36.2 Å². The molecule has 1 N–H and O–H groups in total. The molecule has 0 spiro atoms. The summed E-state index contributed by atoms with van der Waals surface area (Å²) < 4.78 is 30.4. The molecule has 1 aromatic heterocycles. The summed E-state index contributed by atoms with van der Waals surface area (Å²) in [5, 5.41) is 3.34. The molecule has 7 nitrogen and oxygen atoms in total. The van der Waals surface area contributed by atoms with Gasteiger partial charge in [0.25, 0.3) is 15.9 Å². The molecule has 1 amide bonds. The molecule has 0 aromatic carbocycles. The molecule has 2 unspecified atom stereocenters. The molecule has 1 aromatic rings. The Hall–Kier alpha value is -1.09. The van der Waals surface area contributed by atoms with E-state index in [0.29, 0.717) is 12.1 Å². The van der Waals surface area contributed by atoms with Crippen LogP contribution < -0.4 is 5.32 Å². The third kappa shape index (κ3) is 3.46. The van der Waals surface area contributed by atoms with Crippen LogP contribution >= 0.6 is 12.4 Å². The minimum atomic E-state index is -3.66. The van der Waals surface area contributed by atoms with Crippen LogP contribution in [0.2, 0.25) is 0 Å². The number of fused-ring (bicyclic) bond motifs is 2. The van der Waals surface area contributed by atoms with E-state index in [0.717, 1.165) is 30.0 Å². The maximum Gasteiger partial charge on any atom is 0.289 e. The highest BCUT2D eigenvalue weighted by molar-refractivity contribution is 7.88. The van der Waals surface area contributed by atoms with Gasteiger partial charge in [-0.2, -0.15) is 0 Å². The maximum absolute atomic E-state index is 12.6. The third-order valence-corrected chi connectivity index (χ3v) is 6.53. The van der Waals surface area contributed by atoms with E-state index in [2.05, 4.69) is 5.32 Å². The van der Waals surface area contributed by atoms with Crippen molar-refractivity contribution in [2.24, 2.45) is 0 Å². The zero-order chi connectivity index (χ0) is 16.8. The molecule has 0 radical (unpaired) electrons. The van der Waals surface area contributed by atoms with Crippen LogP contribution in [0.3, 0.4) is 0 Å². The zero-order valence-corrected chi connectivity index (χ0v) is 15.7. The van der Waals surface area contributed by atoms with Gasteiger partial charge in [-0.3, -0.25) is 4.79 Å². The van der Waals surface area contributed by atoms with E-state index in [4.69, 9.17) is 4.42 Å². The van der Waals surface area contributed by atoms with E-state index in [9.17, 15) is 13.2 Å². The quantitative estimate of drug-likeness (QED) is 0.855. The van der Waals surface area contributed by atoms with E-state index in [1.54, 1.807) is 11.9 Å². The normalized spacial score (nSPS) is 26.2. The fraction of sp³-hybridized carbons (Fsp3) is 0.667. The lowest BCUT2D eigenvalue weighted by molar-refractivity contribution is 0.0644. The van der Waals surface area contributed by atoms with Crippen molar-refractivity contribution in [2.45, 2.75) is 48.9 Å². The summed E-state index contributed by atoms with van der Waals surface area (Å²) in [5.41, 5.74) is 0. The van der Waals surface area contributed by atoms with Gasteiger partial charge in [-0.05, 0) is 37.8 Å². The smallest absolute Gasteiger partial charge is 0.289 e. The van der Waals surface area contributed by atoms with Crippen molar-refractivity contribution in [3.8, 4) is 0 Å². The lowest BCUT2D eigenvalue weighted by atomic mass is 9.98. The number of halogens is 1. The fourth-order valence-electron chi connectivity index (χ4n) is 3.44. The number of amides is 1. The monoisotopic (exact) mass is 377 g/mol. The molecule has 2 bridgehead atoms. The number of piperidine rings is 1. The lowest BCUT2D eigenvalue weighted by Gasteiger charge is -2.35. The number of nitrogens with one attached hydrogen (secondary N) is 1. The van der Waals surface area contributed by atoms with Crippen molar-refractivity contribution in [1.82, 2.24) is 14.5 Å². The molecular weight excluding hydrogens is 354 g/mol. The Morgan fingerprint density at radius 2 is 1.75 bits per heavy atom. The van der Waals surface area contributed by atoms with Crippen molar-refractivity contribution >= 4 is 28.3 Å². The molecule has 2 aliphatic rings. The second kappa shape index (κ2) is 7.03. The first kappa shape index (κ1) is 19.2. The highest BCUT2D eigenvalue weighted by atomic mass is 35.5. The van der Waals surface area contributed by atoms with Crippen LogP contribution in [0.25, 0.3) is 0 Å². The van der Waals surface area contributed by atoms with Gasteiger partial charge in [0.15, 0.2) is 5.76 Å². The Morgan fingerprint density at radius 3 is 2.29 bits per heavy atom. The predicted octanol–water partition coefficient (Wildman–Crippen LogP) is 1.31. The van der Waals surface area contributed by atoms with Gasteiger partial charge < -0.3 is 14.6 Å². The Balaban J connectivity index is 0.00000208. The van der Waals surface area contributed by atoms with E-state index in [-0.39, 0.29) is 35.2 Å². The third-order valence-electron chi connectivity index (χ3n) is 4.84. The van der Waals surface area contributed by atoms with Gasteiger partial charge in [0.1, 0.15) is 0 Å². The Morgan fingerprint density at radius 1 is 1.17 bits per heavy atom. The number of furan rings is 1. The van der Waals surface area contributed by atoms with Crippen LogP contribution in [0.4, 0.5) is 0 Å². The van der Waals surface area contributed by atoms with Crippen LogP contribution in [0.5, 0.6) is 0 Å². The summed E-state index contributed by atoms with van der Waals surface area (Å²) in [5.74, 6) is -0.199. The maximum atomic E-state index is 12.6. The molecular formula is C15H24ClN3O4S. The second-order valence-electron chi connectivity index (χ2n) is 6.59. The average molecular weight is 378 g/mol. The summed E-state index contributed by atoms with van der Waals surface area (Å²) in [6.45, 7) is 0. The number of rotatable bonds is 4. The molecule has 0 aliphatic carbocycles. The summed E-state index contributed by atoms with van der Waals surface area (Å²) >= 11 is 0. The molecule has 2 atom stereocenters. The largest absolute Gasteiger partial charge is 0.438 e. The van der Waals surface area contributed by atoms with E-state index < -0.39 is 10.0 Å². The van der Waals surface area contributed by atoms with E-state index in [1.807, 2.05) is 0 Å². The SMILES string of the molecule is CN(C(=O)c1ccc(S(=O)(=O)N(C)C)o1)C1CC2CCC(C1)N2.Cl. The summed E-state index contributed by atoms with van der Waals surface area (Å²) in [6, 6.07) is 3.90. The topological polar surface area (TPSA) is 82.9 Å². The van der Waals surface area contributed by atoms with Crippen molar-refractivity contribution in [2.75, 3.05) is 21.1 Å². The van der Waals surface area contributed by atoms with Gasteiger partial charge in [-0.15, -0.1) is 12.4 Å². The second-order valence-corrected chi connectivity index (χ2v) is 8.67. The molecule has 2 fully saturated rings. The summed E-state index contributed by atoms with van der Waals surface area (Å²) in [6.07, 6.45) is 4.19. The first-order valence-electron chi connectivity index (χ1n) is 7.84. The van der Waals surface area contributed by atoms with Crippen LogP contribution in [-0.2, 0) is 10.0 Å². The van der Waals surface area contributed by atoms with Crippen LogP contribution in [0, 0.1) is 0 Å². The standard InChI is InChI=1S/C15H23N3O4S.ClH/c1-17(2)23(20,21)14-7-6-13(22-14)15(19)18(3)12-8-10-4-5-11(9-12)16-10;/h6-7,10-12,16H,4-5,8-9H2,1-3H3;1H. The predicted molar refractivity (Wildman–Crippen MR) is 91.9 cm³/mol. The first-order chi connectivity index (χ1) is 10.8. The van der Waals surface area contributed by atoms with E-state index in [1.165, 1.54) is 26.2 Å². The molecule has 0 saturated carbocycles. The molecule has 24 heavy (non-hydrogen) atoms. The van der Waals surface area contributed by atoms with Crippen molar-refractivity contribution in [1.29, 1.82) is 0 Å². The molecule has 2 saturated heterocycles. The first-order valence-corrected chi connectivity index (χ1v) is 9.28.